The second-order valence-electron chi connectivity index (χ2n) is 5.45. The SMILES string of the molecule is CCSc1cccc(N(CC)CC2CCCNC2)c1C#N. The van der Waals surface area contributed by atoms with Crippen molar-refractivity contribution in [3.8, 4) is 6.07 Å². The second-order valence-corrected chi connectivity index (χ2v) is 6.75. The number of anilines is 1. The molecule has 3 nitrogen and oxygen atoms in total. The average Bonchev–Trinajstić information content (AvgIpc) is 2.54. The van der Waals surface area contributed by atoms with Gasteiger partial charge >= 0.3 is 0 Å². The van der Waals surface area contributed by atoms with E-state index in [2.05, 4.69) is 48.3 Å². The molecule has 1 aromatic carbocycles. The van der Waals surface area contributed by atoms with E-state index in [4.69, 9.17) is 0 Å². The molecule has 0 saturated carbocycles. The standard InChI is InChI=1S/C17H25N3S/c1-3-20(13-14-7-6-10-19-12-14)16-8-5-9-17(21-4-2)15(16)11-18/h5,8-9,14,19H,3-4,6-7,10,12-13H2,1-2H3. The molecule has 1 heterocycles. The Morgan fingerprint density at radius 2 is 2.29 bits per heavy atom. The van der Waals surface area contributed by atoms with E-state index in [1.807, 2.05) is 0 Å². The van der Waals surface area contributed by atoms with Crippen LogP contribution in [0.25, 0.3) is 0 Å². The molecule has 0 aromatic heterocycles. The van der Waals surface area contributed by atoms with E-state index >= 15 is 0 Å². The lowest BCUT2D eigenvalue weighted by atomic mass is 9.98. The molecule has 0 aliphatic carbocycles. The van der Waals surface area contributed by atoms with Gasteiger partial charge < -0.3 is 10.2 Å². The van der Waals surface area contributed by atoms with Crippen molar-refractivity contribution in [3.63, 3.8) is 0 Å². The number of nitrogens with one attached hydrogen (secondary N) is 1. The van der Waals surface area contributed by atoms with E-state index in [1.54, 1.807) is 11.8 Å². The zero-order valence-corrected chi connectivity index (χ0v) is 13.9. The van der Waals surface area contributed by atoms with E-state index in [9.17, 15) is 5.26 Å². The summed E-state index contributed by atoms with van der Waals surface area (Å²) in [7, 11) is 0. The maximum absolute atomic E-state index is 9.57. The summed E-state index contributed by atoms with van der Waals surface area (Å²) in [5.74, 6) is 1.68. The first-order valence-electron chi connectivity index (χ1n) is 7.91. The van der Waals surface area contributed by atoms with Crippen LogP contribution in [-0.4, -0.2) is 31.9 Å². The van der Waals surface area contributed by atoms with Crippen molar-refractivity contribution in [2.45, 2.75) is 31.6 Å². The van der Waals surface area contributed by atoms with Gasteiger partial charge in [0.25, 0.3) is 0 Å². The fourth-order valence-corrected chi connectivity index (χ4v) is 3.74. The van der Waals surface area contributed by atoms with Gasteiger partial charge in [0.05, 0.1) is 11.3 Å². The van der Waals surface area contributed by atoms with Gasteiger partial charge in [-0.05, 0) is 56.7 Å². The predicted molar refractivity (Wildman–Crippen MR) is 91.0 cm³/mol. The van der Waals surface area contributed by atoms with Crippen molar-refractivity contribution >= 4 is 17.4 Å². The van der Waals surface area contributed by atoms with E-state index in [0.717, 1.165) is 48.1 Å². The van der Waals surface area contributed by atoms with E-state index in [1.165, 1.54) is 12.8 Å². The summed E-state index contributed by atoms with van der Waals surface area (Å²) in [5, 5.41) is 13.1. The van der Waals surface area contributed by atoms with Gasteiger partial charge in [-0.2, -0.15) is 5.26 Å². The highest BCUT2D eigenvalue weighted by Crippen LogP contribution is 2.31. The summed E-state index contributed by atoms with van der Waals surface area (Å²) >= 11 is 1.75. The number of rotatable bonds is 6. The number of nitriles is 1. The number of hydrogen-bond donors (Lipinski definition) is 1. The van der Waals surface area contributed by atoms with Crippen LogP contribution in [0.3, 0.4) is 0 Å². The Balaban J connectivity index is 2.20. The molecule has 0 bridgehead atoms. The molecule has 114 valence electrons. The van der Waals surface area contributed by atoms with Crippen LogP contribution in [0, 0.1) is 17.2 Å². The molecular formula is C17H25N3S. The summed E-state index contributed by atoms with van der Waals surface area (Å²) in [4.78, 5) is 3.48. The molecule has 0 spiro atoms. The maximum atomic E-state index is 9.57. The van der Waals surface area contributed by atoms with Crippen molar-refractivity contribution in [1.82, 2.24) is 5.32 Å². The Hall–Kier alpha value is -1.18. The number of piperidine rings is 1. The van der Waals surface area contributed by atoms with Gasteiger partial charge in [-0.1, -0.05) is 13.0 Å². The van der Waals surface area contributed by atoms with Gasteiger partial charge in [-0.3, -0.25) is 0 Å². The smallest absolute Gasteiger partial charge is 0.103 e. The molecule has 1 aliphatic rings. The minimum absolute atomic E-state index is 0.688. The minimum Gasteiger partial charge on any atom is -0.370 e. The number of benzene rings is 1. The van der Waals surface area contributed by atoms with Crippen LogP contribution in [0.1, 0.15) is 32.3 Å². The molecule has 1 saturated heterocycles. The normalized spacial score (nSPS) is 18.2. The molecule has 0 amide bonds. The lowest BCUT2D eigenvalue weighted by Gasteiger charge is -2.31. The topological polar surface area (TPSA) is 39.1 Å². The fraction of sp³-hybridized carbons (Fsp3) is 0.588. The molecule has 1 fully saturated rings. The van der Waals surface area contributed by atoms with Crippen LogP contribution >= 0.6 is 11.8 Å². The Bertz CT molecular complexity index is 489. The van der Waals surface area contributed by atoms with Crippen LogP contribution in [0.15, 0.2) is 23.1 Å². The Morgan fingerprint density at radius 1 is 1.43 bits per heavy atom. The van der Waals surface area contributed by atoms with Gasteiger partial charge in [-0.25, -0.2) is 0 Å². The highest BCUT2D eigenvalue weighted by molar-refractivity contribution is 7.99. The molecule has 21 heavy (non-hydrogen) atoms. The van der Waals surface area contributed by atoms with E-state index < -0.39 is 0 Å². The maximum Gasteiger partial charge on any atom is 0.103 e. The molecule has 1 aliphatic heterocycles. The third-order valence-corrected chi connectivity index (χ3v) is 4.96. The summed E-state index contributed by atoms with van der Waals surface area (Å²) in [6, 6.07) is 8.66. The van der Waals surface area contributed by atoms with Gasteiger partial charge in [0.15, 0.2) is 0 Å². The Morgan fingerprint density at radius 3 is 2.90 bits per heavy atom. The second kappa shape index (κ2) is 8.31. The van der Waals surface area contributed by atoms with Gasteiger partial charge in [0.2, 0.25) is 0 Å². The van der Waals surface area contributed by atoms with Gasteiger partial charge in [0.1, 0.15) is 6.07 Å². The monoisotopic (exact) mass is 303 g/mol. The first-order valence-corrected chi connectivity index (χ1v) is 8.90. The number of nitrogens with zero attached hydrogens (tertiary/aromatic N) is 2. The summed E-state index contributed by atoms with van der Waals surface area (Å²) in [6.45, 7) is 8.54. The van der Waals surface area contributed by atoms with Crippen LogP contribution < -0.4 is 10.2 Å². The summed E-state index contributed by atoms with van der Waals surface area (Å²) in [6.07, 6.45) is 2.55. The van der Waals surface area contributed by atoms with Crippen molar-refractivity contribution in [1.29, 1.82) is 5.26 Å². The molecular weight excluding hydrogens is 278 g/mol. The van der Waals surface area contributed by atoms with Crippen molar-refractivity contribution < 1.29 is 0 Å². The summed E-state index contributed by atoms with van der Waals surface area (Å²) < 4.78 is 0. The molecule has 4 heteroatoms. The zero-order chi connectivity index (χ0) is 15.1. The molecule has 1 N–H and O–H groups in total. The summed E-state index contributed by atoms with van der Waals surface area (Å²) in [5.41, 5.74) is 1.94. The number of hydrogen-bond acceptors (Lipinski definition) is 4. The van der Waals surface area contributed by atoms with E-state index in [-0.39, 0.29) is 0 Å². The van der Waals surface area contributed by atoms with Crippen molar-refractivity contribution in [2.75, 3.05) is 36.8 Å². The highest BCUT2D eigenvalue weighted by atomic mass is 32.2. The third-order valence-electron chi connectivity index (χ3n) is 4.02. The average molecular weight is 303 g/mol. The molecule has 1 aromatic rings. The van der Waals surface area contributed by atoms with Crippen LogP contribution in [-0.2, 0) is 0 Å². The van der Waals surface area contributed by atoms with E-state index in [0.29, 0.717) is 5.92 Å². The van der Waals surface area contributed by atoms with Gasteiger partial charge in [0, 0.05) is 18.0 Å². The van der Waals surface area contributed by atoms with Gasteiger partial charge in [-0.15, -0.1) is 11.8 Å². The van der Waals surface area contributed by atoms with Crippen molar-refractivity contribution in [3.05, 3.63) is 23.8 Å². The van der Waals surface area contributed by atoms with Crippen LogP contribution in [0.4, 0.5) is 5.69 Å². The highest BCUT2D eigenvalue weighted by Gasteiger charge is 2.19. The zero-order valence-electron chi connectivity index (χ0n) is 13.1. The quantitative estimate of drug-likeness (QED) is 0.817. The number of thioether (sulfide) groups is 1. The lowest BCUT2D eigenvalue weighted by molar-refractivity contribution is 0.378. The lowest BCUT2D eigenvalue weighted by Crippen LogP contribution is -2.38. The molecule has 1 atom stereocenters. The molecule has 2 rings (SSSR count). The molecule has 0 radical (unpaired) electrons. The Kier molecular flexibility index (Phi) is 6.41. The first kappa shape index (κ1) is 16.2. The van der Waals surface area contributed by atoms with Crippen molar-refractivity contribution in [2.24, 2.45) is 5.92 Å². The largest absolute Gasteiger partial charge is 0.370 e. The third kappa shape index (κ3) is 4.15. The van der Waals surface area contributed by atoms with Crippen LogP contribution in [0.2, 0.25) is 0 Å². The predicted octanol–water partition coefficient (Wildman–Crippen LogP) is 3.50. The molecule has 1 unspecified atom stereocenters. The first-order chi connectivity index (χ1) is 10.3. The fourth-order valence-electron chi connectivity index (χ4n) is 2.96. The van der Waals surface area contributed by atoms with Crippen LogP contribution in [0.5, 0.6) is 0 Å². The minimum atomic E-state index is 0.688. The Labute approximate surface area is 132 Å².